The Labute approximate surface area is 232 Å². The van der Waals surface area contributed by atoms with Gasteiger partial charge < -0.3 is 4.57 Å². The van der Waals surface area contributed by atoms with Crippen molar-refractivity contribution >= 4 is 39.1 Å². The van der Waals surface area contributed by atoms with Crippen LogP contribution in [0.4, 0.5) is 0 Å². The molecule has 6 aromatic rings. The van der Waals surface area contributed by atoms with Crippen LogP contribution in [-0.2, 0) is 0 Å². The van der Waals surface area contributed by atoms with Crippen LogP contribution in [0.15, 0.2) is 145 Å². The number of hydrogen-bond acceptors (Lipinski definition) is 2. The van der Waals surface area contributed by atoms with Gasteiger partial charge in [-0.25, -0.2) is 0 Å². The average Bonchev–Trinajstić information content (AvgIpc) is 3.37. The van der Waals surface area contributed by atoms with Gasteiger partial charge >= 0.3 is 0 Å². The lowest BCUT2D eigenvalue weighted by Gasteiger charge is -2.15. The first-order valence-corrected chi connectivity index (χ1v) is 14.1. The first-order valence-electron chi connectivity index (χ1n) is 13.1. The molecule has 186 valence electrons. The zero-order valence-corrected chi connectivity index (χ0v) is 22.2. The molecule has 0 spiro atoms. The average molecular weight is 519 g/mol. The summed E-state index contributed by atoms with van der Waals surface area (Å²) in [6.45, 7) is 4.28. The molecule has 0 N–H and O–H groups in total. The molecular weight excluding hydrogens is 492 g/mol. The molecule has 1 aliphatic heterocycles. The van der Waals surface area contributed by atoms with Gasteiger partial charge in [-0.05, 0) is 64.2 Å². The van der Waals surface area contributed by atoms with Crippen LogP contribution in [0.2, 0.25) is 0 Å². The van der Waals surface area contributed by atoms with E-state index in [1.54, 1.807) is 0 Å². The number of fused-ring (bicyclic) bond motifs is 4. The highest BCUT2D eigenvalue weighted by molar-refractivity contribution is 7.99. The second kappa shape index (κ2) is 9.94. The Balaban J connectivity index is 1.35. The van der Waals surface area contributed by atoms with Gasteiger partial charge in [0.05, 0.1) is 16.7 Å². The number of thioether (sulfide) groups is 1. The molecule has 0 saturated heterocycles. The Morgan fingerprint density at radius 2 is 1.38 bits per heavy atom. The van der Waals surface area contributed by atoms with E-state index in [2.05, 4.69) is 126 Å². The van der Waals surface area contributed by atoms with Crippen LogP contribution in [0.1, 0.15) is 5.69 Å². The van der Waals surface area contributed by atoms with Crippen LogP contribution in [0.3, 0.4) is 0 Å². The number of pyridine rings is 1. The van der Waals surface area contributed by atoms with Crippen molar-refractivity contribution in [1.29, 1.82) is 0 Å². The lowest BCUT2D eigenvalue weighted by molar-refractivity contribution is 1.18. The van der Waals surface area contributed by atoms with Crippen molar-refractivity contribution in [3.05, 3.63) is 146 Å². The molecule has 0 aliphatic carbocycles. The van der Waals surface area contributed by atoms with Crippen LogP contribution < -0.4 is 0 Å². The fourth-order valence-electron chi connectivity index (χ4n) is 5.46. The van der Waals surface area contributed by atoms with Gasteiger partial charge in [0, 0.05) is 33.3 Å². The normalized spacial score (nSPS) is 14.9. The summed E-state index contributed by atoms with van der Waals surface area (Å²) in [4.78, 5) is 5.87. The maximum Gasteiger partial charge on any atom is 0.0838 e. The second-order valence-electron chi connectivity index (χ2n) is 9.66. The van der Waals surface area contributed by atoms with E-state index in [1.165, 1.54) is 49.0 Å². The summed E-state index contributed by atoms with van der Waals surface area (Å²) in [5, 5.41) is 2.54. The Morgan fingerprint density at radius 3 is 2.18 bits per heavy atom. The molecular formula is C36H26N2S. The number of nitrogens with zero attached hydrogens (tertiary/aromatic N) is 2. The Hall–Kier alpha value is -4.60. The molecule has 39 heavy (non-hydrogen) atoms. The SMILES string of the molecule is C=C1/C=C\C=C/CSc2c(-c3cccc(-c4cccc(-n5c6ccccc6c6ccccc65)c4)c3)ccnc21. The summed E-state index contributed by atoms with van der Waals surface area (Å²) >= 11 is 1.81. The fourth-order valence-corrected chi connectivity index (χ4v) is 6.49. The number of aromatic nitrogens is 2. The number of rotatable bonds is 3. The molecule has 4 aromatic carbocycles. The van der Waals surface area contributed by atoms with E-state index in [0.717, 1.165) is 22.7 Å². The zero-order valence-electron chi connectivity index (χ0n) is 21.4. The first-order chi connectivity index (χ1) is 19.3. The van der Waals surface area contributed by atoms with Crippen molar-refractivity contribution in [1.82, 2.24) is 9.55 Å². The maximum atomic E-state index is 4.70. The lowest BCUT2D eigenvalue weighted by Crippen LogP contribution is -1.95. The molecule has 7 rings (SSSR count). The Morgan fingerprint density at radius 1 is 0.692 bits per heavy atom. The molecule has 0 fully saturated rings. The first kappa shape index (κ1) is 23.5. The van der Waals surface area contributed by atoms with Gasteiger partial charge in [0.1, 0.15) is 0 Å². The van der Waals surface area contributed by atoms with Crippen LogP contribution in [0.5, 0.6) is 0 Å². The summed E-state index contributed by atoms with van der Waals surface area (Å²) in [6.07, 6.45) is 10.2. The summed E-state index contributed by atoms with van der Waals surface area (Å²) in [5.41, 5.74) is 10.2. The van der Waals surface area contributed by atoms with Crippen LogP contribution in [0, 0.1) is 0 Å². The van der Waals surface area contributed by atoms with Crippen molar-refractivity contribution in [2.75, 3.05) is 5.75 Å². The molecule has 0 amide bonds. The van der Waals surface area contributed by atoms with Gasteiger partial charge in [-0.3, -0.25) is 4.98 Å². The minimum Gasteiger partial charge on any atom is -0.309 e. The van der Waals surface area contributed by atoms with Crippen LogP contribution in [0.25, 0.3) is 55.3 Å². The molecule has 0 radical (unpaired) electrons. The van der Waals surface area contributed by atoms with E-state index in [1.807, 2.05) is 30.1 Å². The summed E-state index contributed by atoms with van der Waals surface area (Å²) in [5.74, 6) is 0.893. The molecule has 2 nitrogen and oxygen atoms in total. The number of hydrogen-bond donors (Lipinski definition) is 0. The van der Waals surface area contributed by atoms with Gasteiger partial charge in [0.15, 0.2) is 0 Å². The largest absolute Gasteiger partial charge is 0.309 e. The molecule has 0 saturated carbocycles. The van der Waals surface area contributed by atoms with Crippen molar-refractivity contribution in [3.8, 4) is 27.9 Å². The molecule has 2 aromatic heterocycles. The van der Waals surface area contributed by atoms with Crippen molar-refractivity contribution in [3.63, 3.8) is 0 Å². The molecule has 0 unspecified atom stereocenters. The molecule has 3 heterocycles. The third-order valence-corrected chi connectivity index (χ3v) is 8.33. The molecule has 0 bridgehead atoms. The Bertz CT molecular complexity index is 1890. The Kier molecular flexibility index (Phi) is 5.99. The smallest absolute Gasteiger partial charge is 0.0838 e. The van der Waals surface area contributed by atoms with E-state index in [-0.39, 0.29) is 0 Å². The van der Waals surface area contributed by atoms with Gasteiger partial charge in [-0.2, -0.15) is 0 Å². The quantitative estimate of drug-likeness (QED) is 0.232. The van der Waals surface area contributed by atoms with E-state index < -0.39 is 0 Å². The van der Waals surface area contributed by atoms with Gasteiger partial charge in [-0.1, -0.05) is 97.6 Å². The monoisotopic (exact) mass is 518 g/mol. The molecule has 0 atom stereocenters. The van der Waals surface area contributed by atoms with Gasteiger partial charge in [0.25, 0.3) is 0 Å². The molecule has 1 aliphatic rings. The highest BCUT2D eigenvalue weighted by atomic mass is 32.2. The number of para-hydroxylation sites is 2. The number of benzene rings is 4. The lowest BCUT2D eigenvalue weighted by atomic mass is 9.98. The summed E-state index contributed by atoms with van der Waals surface area (Å²) in [7, 11) is 0. The summed E-state index contributed by atoms with van der Waals surface area (Å²) < 4.78 is 2.37. The third-order valence-electron chi connectivity index (χ3n) is 7.27. The van der Waals surface area contributed by atoms with E-state index >= 15 is 0 Å². The zero-order chi connectivity index (χ0) is 26.2. The highest BCUT2D eigenvalue weighted by Crippen LogP contribution is 2.39. The predicted octanol–water partition coefficient (Wildman–Crippen LogP) is 9.74. The van der Waals surface area contributed by atoms with E-state index in [9.17, 15) is 0 Å². The van der Waals surface area contributed by atoms with Crippen LogP contribution in [-0.4, -0.2) is 15.3 Å². The predicted molar refractivity (Wildman–Crippen MR) is 167 cm³/mol. The van der Waals surface area contributed by atoms with Crippen LogP contribution >= 0.6 is 11.8 Å². The van der Waals surface area contributed by atoms with Crippen molar-refractivity contribution in [2.45, 2.75) is 4.90 Å². The van der Waals surface area contributed by atoms with Gasteiger partial charge in [-0.15, -0.1) is 11.8 Å². The minimum absolute atomic E-state index is 0.893. The maximum absolute atomic E-state index is 4.70. The summed E-state index contributed by atoms with van der Waals surface area (Å²) in [6, 6.07) is 37.1. The van der Waals surface area contributed by atoms with E-state index in [4.69, 9.17) is 4.98 Å². The fraction of sp³-hybridized carbons (Fsp3) is 0.0278. The minimum atomic E-state index is 0.893. The van der Waals surface area contributed by atoms with Crippen molar-refractivity contribution in [2.24, 2.45) is 0 Å². The van der Waals surface area contributed by atoms with Crippen molar-refractivity contribution < 1.29 is 0 Å². The molecule has 3 heteroatoms. The topological polar surface area (TPSA) is 17.8 Å². The van der Waals surface area contributed by atoms with Gasteiger partial charge in [0.2, 0.25) is 0 Å². The second-order valence-corrected chi connectivity index (χ2v) is 10.7. The third kappa shape index (κ3) is 4.21. The van der Waals surface area contributed by atoms with E-state index in [0.29, 0.717) is 0 Å². The highest BCUT2D eigenvalue weighted by Gasteiger charge is 2.15. The number of allylic oxidation sites excluding steroid dienone is 4. The standard InChI is InChI=1S/C36H26N2S/c1-25-11-3-2-8-22-39-36-30(20-21-37-35(25)36)28-14-9-12-26(23-28)27-13-10-15-29(24-27)38-33-18-6-4-16-31(33)32-17-5-7-19-34(32)38/h2-21,23-24H,1,22H2/b8-2-,11-3-.